The average Bonchev–Trinajstić information content (AvgIpc) is 3.19. The Kier molecular flexibility index (Phi) is 4.54. The second-order valence-corrected chi connectivity index (χ2v) is 9.15. The number of aromatic nitrogens is 3. The Morgan fingerprint density at radius 1 is 1.32 bits per heavy atom. The first kappa shape index (κ1) is 17.8. The van der Waals surface area contributed by atoms with E-state index in [1.165, 1.54) is 21.3 Å². The summed E-state index contributed by atoms with van der Waals surface area (Å²) >= 11 is 0. The minimum Gasteiger partial charge on any atom is -0.363 e. The molecule has 25 heavy (non-hydrogen) atoms. The van der Waals surface area contributed by atoms with Crippen LogP contribution in [-0.4, -0.2) is 40.2 Å². The molecule has 1 aliphatic rings. The smallest absolute Gasteiger partial charge is 0.266 e. The molecule has 8 nitrogen and oxygen atoms in total. The van der Waals surface area contributed by atoms with Gasteiger partial charge in [-0.3, -0.25) is 4.79 Å². The van der Waals surface area contributed by atoms with E-state index in [0.29, 0.717) is 13.0 Å². The van der Waals surface area contributed by atoms with Crippen molar-refractivity contribution in [3.63, 3.8) is 0 Å². The highest BCUT2D eigenvalue weighted by molar-refractivity contribution is 7.89. The maximum Gasteiger partial charge on any atom is 0.266 e. The molecule has 1 atom stereocenters. The number of rotatable bonds is 4. The van der Waals surface area contributed by atoms with Gasteiger partial charge in [0, 0.05) is 24.1 Å². The third kappa shape index (κ3) is 3.52. The van der Waals surface area contributed by atoms with Crippen molar-refractivity contribution in [3.05, 3.63) is 40.6 Å². The van der Waals surface area contributed by atoms with Gasteiger partial charge < -0.3 is 4.52 Å². The highest BCUT2D eigenvalue weighted by Gasteiger charge is 2.36. The first-order valence-electron chi connectivity index (χ1n) is 8.19. The van der Waals surface area contributed by atoms with Crippen LogP contribution in [0.5, 0.6) is 0 Å². The van der Waals surface area contributed by atoms with E-state index >= 15 is 0 Å². The third-order valence-electron chi connectivity index (χ3n) is 4.36. The molecule has 0 aliphatic carbocycles. The summed E-state index contributed by atoms with van der Waals surface area (Å²) in [7, 11) is -3.68. The number of hydrogen-bond donors (Lipinski definition) is 0. The molecule has 0 aromatic carbocycles. The van der Waals surface area contributed by atoms with Gasteiger partial charge in [-0.2, -0.15) is 9.40 Å². The maximum absolute atomic E-state index is 12.7. The van der Waals surface area contributed by atoms with E-state index in [-0.39, 0.29) is 28.5 Å². The van der Waals surface area contributed by atoms with E-state index in [4.69, 9.17) is 0 Å². The Morgan fingerprint density at radius 2 is 2.08 bits per heavy atom. The van der Waals surface area contributed by atoms with Gasteiger partial charge in [0.1, 0.15) is 11.2 Å². The Labute approximate surface area is 146 Å². The summed E-state index contributed by atoms with van der Waals surface area (Å²) in [6.45, 7) is 6.69. The Morgan fingerprint density at radius 3 is 2.72 bits per heavy atom. The molecule has 0 spiro atoms. The van der Waals surface area contributed by atoms with Gasteiger partial charge >= 0.3 is 0 Å². The molecule has 0 N–H and O–H groups in total. The minimum absolute atomic E-state index is 0.0307. The standard InChI is InChI=1S/C16H22N4O4S/c1-16(2,3)14-6-7-15(21)19(18-14)10-12-5-4-8-20(12)25(22,23)13-9-17-24-11-13/h6-7,9,11-12H,4-5,8,10H2,1-3H3. The molecule has 2 aromatic heterocycles. The van der Waals surface area contributed by atoms with Crippen LogP contribution in [0, 0.1) is 0 Å². The number of nitrogens with zero attached hydrogens (tertiary/aromatic N) is 4. The zero-order chi connectivity index (χ0) is 18.2. The van der Waals surface area contributed by atoms with Gasteiger partial charge in [-0.1, -0.05) is 25.9 Å². The molecular formula is C16H22N4O4S. The topological polar surface area (TPSA) is 98.3 Å². The van der Waals surface area contributed by atoms with Crippen molar-refractivity contribution in [1.82, 2.24) is 19.2 Å². The number of hydrogen-bond acceptors (Lipinski definition) is 6. The van der Waals surface area contributed by atoms with Gasteiger partial charge in [0.25, 0.3) is 5.56 Å². The summed E-state index contributed by atoms with van der Waals surface area (Å²) in [6.07, 6.45) is 3.73. The van der Waals surface area contributed by atoms with E-state index in [0.717, 1.165) is 18.4 Å². The fourth-order valence-electron chi connectivity index (χ4n) is 2.95. The summed E-state index contributed by atoms with van der Waals surface area (Å²) < 4.78 is 32.9. The van der Waals surface area contributed by atoms with Gasteiger partial charge in [-0.25, -0.2) is 13.1 Å². The van der Waals surface area contributed by atoms with Crippen molar-refractivity contribution < 1.29 is 12.9 Å². The second-order valence-electron chi connectivity index (χ2n) is 7.26. The van der Waals surface area contributed by atoms with E-state index in [1.54, 1.807) is 6.07 Å². The highest BCUT2D eigenvalue weighted by Crippen LogP contribution is 2.26. The molecule has 0 saturated carbocycles. The monoisotopic (exact) mass is 366 g/mol. The lowest BCUT2D eigenvalue weighted by atomic mass is 9.92. The van der Waals surface area contributed by atoms with Crippen LogP contribution < -0.4 is 5.56 Å². The van der Waals surface area contributed by atoms with Gasteiger partial charge in [0.15, 0.2) is 0 Å². The predicted molar refractivity (Wildman–Crippen MR) is 90.6 cm³/mol. The third-order valence-corrected chi connectivity index (χ3v) is 6.25. The zero-order valence-electron chi connectivity index (χ0n) is 14.5. The van der Waals surface area contributed by atoms with Gasteiger partial charge in [-0.05, 0) is 18.9 Å². The lowest BCUT2D eigenvalue weighted by Crippen LogP contribution is -2.40. The van der Waals surface area contributed by atoms with E-state index in [2.05, 4.69) is 14.8 Å². The summed E-state index contributed by atoms with van der Waals surface area (Å²) in [4.78, 5) is 12.2. The molecule has 0 bridgehead atoms. The summed E-state index contributed by atoms with van der Waals surface area (Å²) in [5, 5.41) is 7.91. The van der Waals surface area contributed by atoms with Crippen LogP contribution in [0.3, 0.4) is 0 Å². The molecule has 3 heterocycles. The van der Waals surface area contributed by atoms with Crippen LogP contribution in [0.15, 0.2) is 38.8 Å². The molecule has 1 fully saturated rings. The second kappa shape index (κ2) is 6.38. The molecule has 136 valence electrons. The largest absolute Gasteiger partial charge is 0.363 e. The molecule has 2 aromatic rings. The van der Waals surface area contributed by atoms with Crippen molar-refractivity contribution in [2.45, 2.75) is 56.5 Å². The van der Waals surface area contributed by atoms with Gasteiger partial charge in [0.2, 0.25) is 10.0 Å². The van der Waals surface area contributed by atoms with Gasteiger partial charge in [0.05, 0.1) is 18.4 Å². The van der Waals surface area contributed by atoms with E-state index in [9.17, 15) is 13.2 Å². The molecule has 1 saturated heterocycles. The van der Waals surface area contributed by atoms with Crippen LogP contribution in [0.25, 0.3) is 0 Å². The molecule has 0 radical (unpaired) electrons. The Bertz CT molecular complexity index is 897. The molecule has 3 rings (SSSR count). The highest BCUT2D eigenvalue weighted by atomic mass is 32.2. The van der Waals surface area contributed by atoms with E-state index < -0.39 is 10.0 Å². The van der Waals surface area contributed by atoms with Crippen molar-refractivity contribution in [2.24, 2.45) is 0 Å². The minimum atomic E-state index is -3.68. The quantitative estimate of drug-likeness (QED) is 0.811. The summed E-state index contributed by atoms with van der Waals surface area (Å²) in [6, 6.07) is 2.89. The van der Waals surface area contributed by atoms with E-state index in [1.807, 2.05) is 20.8 Å². The molecule has 0 amide bonds. The molecular weight excluding hydrogens is 344 g/mol. The molecule has 1 unspecified atom stereocenters. The lowest BCUT2D eigenvalue weighted by molar-refractivity contribution is 0.330. The summed E-state index contributed by atoms with van der Waals surface area (Å²) in [5.41, 5.74) is 0.361. The van der Waals surface area contributed by atoms with Crippen LogP contribution in [0.2, 0.25) is 0 Å². The van der Waals surface area contributed by atoms with Crippen LogP contribution in [-0.2, 0) is 22.0 Å². The normalized spacial score (nSPS) is 19.4. The zero-order valence-corrected chi connectivity index (χ0v) is 15.4. The number of sulfonamides is 1. The fraction of sp³-hybridized carbons (Fsp3) is 0.562. The average molecular weight is 366 g/mol. The Balaban J connectivity index is 1.89. The molecule has 9 heteroatoms. The van der Waals surface area contributed by atoms with Gasteiger partial charge in [-0.15, -0.1) is 0 Å². The predicted octanol–water partition coefficient (Wildman–Crippen LogP) is 1.38. The Hall–Kier alpha value is -2.00. The molecule has 1 aliphatic heterocycles. The van der Waals surface area contributed by atoms with Crippen LogP contribution in [0.4, 0.5) is 0 Å². The summed E-state index contributed by atoms with van der Waals surface area (Å²) in [5.74, 6) is 0. The lowest BCUT2D eigenvalue weighted by Gasteiger charge is -2.24. The van der Waals surface area contributed by atoms with Crippen molar-refractivity contribution in [3.8, 4) is 0 Å². The maximum atomic E-state index is 12.7. The fourth-order valence-corrected chi connectivity index (χ4v) is 4.49. The van der Waals surface area contributed by atoms with Crippen LogP contribution >= 0.6 is 0 Å². The van der Waals surface area contributed by atoms with Crippen molar-refractivity contribution in [2.75, 3.05) is 6.54 Å². The van der Waals surface area contributed by atoms with Crippen molar-refractivity contribution in [1.29, 1.82) is 0 Å². The van der Waals surface area contributed by atoms with Crippen LogP contribution in [0.1, 0.15) is 39.3 Å². The first-order chi connectivity index (χ1) is 11.7. The first-order valence-corrected chi connectivity index (χ1v) is 9.63. The van der Waals surface area contributed by atoms with Crippen molar-refractivity contribution >= 4 is 10.0 Å². The SMILES string of the molecule is CC(C)(C)c1ccc(=O)n(CC2CCCN2S(=O)(=O)c2cnoc2)n1.